The van der Waals surface area contributed by atoms with Crippen LogP contribution in [0.5, 0.6) is 0 Å². The van der Waals surface area contributed by atoms with E-state index >= 15 is 0 Å². The Kier molecular flexibility index (Phi) is 4.53. The largest absolute Gasteiger partial charge is 0.221 e. The summed E-state index contributed by atoms with van der Waals surface area (Å²) in [6.07, 6.45) is 2.19. The third-order valence-corrected chi connectivity index (χ3v) is 7.39. The lowest BCUT2D eigenvalue weighted by molar-refractivity contribution is -0.671. The van der Waals surface area contributed by atoms with Crippen LogP contribution in [0.15, 0.2) is 115 Å². The number of para-hydroxylation sites is 1. The first-order chi connectivity index (χ1) is 17.3. The Morgan fingerprint density at radius 1 is 0.571 bits per heavy atom. The molecule has 0 bridgehead atoms. The molecular formula is C33H26N2+2. The van der Waals surface area contributed by atoms with Crippen LogP contribution in [0.1, 0.15) is 16.7 Å². The van der Waals surface area contributed by atoms with E-state index in [4.69, 9.17) is 0 Å². The van der Waals surface area contributed by atoms with Crippen molar-refractivity contribution in [3.8, 4) is 22.5 Å². The van der Waals surface area contributed by atoms with Gasteiger partial charge < -0.3 is 0 Å². The normalized spacial score (nSPS) is 12.5. The Hall–Kier alpha value is -4.30. The Morgan fingerprint density at radius 3 is 2.03 bits per heavy atom. The predicted molar refractivity (Wildman–Crippen MR) is 142 cm³/mol. The molecule has 0 unspecified atom stereocenters. The predicted octanol–water partition coefficient (Wildman–Crippen LogP) is 6.62. The second-order valence-electron chi connectivity index (χ2n) is 9.51. The van der Waals surface area contributed by atoms with Gasteiger partial charge in [-0.05, 0) is 42.6 Å². The molecule has 0 saturated carbocycles. The molecule has 0 atom stereocenters. The lowest BCUT2D eigenvalue weighted by Gasteiger charge is -2.02. The van der Waals surface area contributed by atoms with E-state index in [1.807, 2.05) is 0 Å². The lowest BCUT2D eigenvalue weighted by Crippen LogP contribution is -2.34. The highest BCUT2D eigenvalue weighted by Gasteiger charge is 2.30. The quantitative estimate of drug-likeness (QED) is 0.229. The first kappa shape index (κ1) is 20.1. The van der Waals surface area contributed by atoms with Gasteiger partial charge in [0.1, 0.15) is 0 Å². The summed E-state index contributed by atoms with van der Waals surface area (Å²) in [7, 11) is 0. The monoisotopic (exact) mass is 450 g/mol. The van der Waals surface area contributed by atoms with Gasteiger partial charge in [-0.15, -0.1) is 0 Å². The van der Waals surface area contributed by atoms with Crippen molar-refractivity contribution in [2.45, 2.75) is 20.0 Å². The van der Waals surface area contributed by atoms with Crippen molar-refractivity contribution in [1.82, 2.24) is 0 Å². The van der Waals surface area contributed by atoms with Crippen LogP contribution >= 0.6 is 0 Å². The summed E-state index contributed by atoms with van der Waals surface area (Å²) in [6.45, 7) is 4.20. The van der Waals surface area contributed by atoms with Crippen molar-refractivity contribution in [3.63, 3.8) is 0 Å². The van der Waals surface area contributed by atoms with Crippen LogP contribution in [0.2, 0.25) is 0 Å². The molecule has 4 heterocycles. The lowest BCUT2D eigenvalue weighted by atomic mass is 10.0. The number of rotatable bonds is 0. The summed E-state index contributed by atoms with van der Waals surface area (Å²) in [6, 6.07) is 39.1. The van der Waals surface area contributed by atoms with Crippen molar-refractivity contribution in [2.75, 3.05) is 0 Å². The molecule has 166 valence electrons. The molecule has 0 N–H and O–H groups in total. The molecule has 4 aromatic carbocycles. The molecule has 0 saturated heterocycles. The number of aryl methyl sites for hydroxylation is 1. The zero-order valence-corrected chi connectivity index (χ0v) is 19.8. The molecule has 2 aliphatic rings. The standard InChI is InChI=1S/C17H14N.C16H12N/c1-12-10-13-6-3-5-9-16(13)18-11-14-7-2-4-8-15(14)17(12)18;1-3-7-14-12(5-1)9-10-17-11-13-6-2-4-8-15(13)16(14)17/h2-10H,11H2,1H3;1-10H,11H2/q2*+1. The number of nitrogens with zero attached hydrogens (tertiary/aromatic N) is 2. The van der Waals surface area contributed by atoms with Crippen LogP contribution in [0.25, 0.3) is 44.2 Å². The summed E-state index contributed by atoms with van der Waals surface area (Å²) in [5.41, 5.74) is 11.0. The number of benzene rings is 4. The summed E-state index contributed by atoms with van der Waals surface area (Å²) in [5.74, 6) is 0. The molecule has 8 rings (SSSR count). The first-order valence-corrected chi connectivity index (χ1v) is 12.3. The van der Waals surface area contributed by atoms with Gasteiger partial charge in [-0.2, -0.15) is 9.13 Å². The van der Waals surface area contributed by atoms with Crippen LogP contribution in [0, 0.1) is 6.92 Å². The average molecular weight is 451 g/mol. The maximum absolute atomic E-state index is 2.44. The fourth-order valence-electron chi connectivity index (χ4n) is 5.83. The summed E-state index contributed by atoms with van der Waals surface area (Å²) < 4.78 is 4.78. The molecule has 0 aliphatic carbocycles. The Bertz CT molecular complexity index is 1760. The van der Waals surface area contributed by atoms with Gasteiger partial charge in [0, 0.05) is 34.2 Å². The molecule has 35 heavy (non-hydrogen) atoms. The highest BCUT2D eigenvalue weighted by Crippen LogP contribution is 2.32. The van der Waals surface area contributed by atoms with Crippen LogP contribution in [0.3, 0.4) is 0 Å². The van der Waals surface area contributed by atoms with Gasteiger partial charge in [0.05, 0.1) is 16.5 Å². The van der Waals surface area contributed by atoms with E-state index in [-0.39, 0.29) is 0 Å². The maximum Gasteiger partial charge on any atom is 0.221 e. The molecule has 0 amide bonds. The molecule has 2 heteroatoms. The second-order valence-corrected chi connectivity index (χ2v) is 9.51. The van der Waals surface area contributed by atoms with Crippen molar-refractivity contribution < 1.29 is 9.13 Å². The second kappa shape index (κ2) is 7.89. The fourth-order valence-corrected chi connectivity index (χ4v) is 5.83. The zero-order chi connectivity index (χ0) is 23.4. The van der Waals surface area contributed by atoms with Crippen molar-refractivity contribution >= 4 is 21.7 Å². The average Bonchev–Trinajstić information content (AvgIpc) is 3.49. The van der Waals surface area contributed by atoms with Crippen molar-refractivity contribution in [3.05, 3.63) is 132 Å². The zero-order valence-electron chi connectivity index (χ0n) is 19.8. The minimum Gasteiger partial charge on any atom is -0.193 e. The third-order valence-electron chi connectivity index (χ3n) is 7.39. The summed E-state index contributed by atoms with van der Waals surface area (Å²) in [4.78, 5) is 0. The number of fused-ring (bicyclic) bond motifs is 10. The van der Waals surface area contributed by atoms with Crippen LogP contribution in [-0.4, -0.2) is 0 Å². The SMILES string of the molecule is Cc1cc2ccccc2[n+]2c1-c1ccccc1C2.c1ccc2c(c1)C[n+]1ccc3ccccc3c1-2. The smallest absolute Gasteiger partial charge is 0.193 e. The Balaban J connectivity index is 0.000000120. The van der Waals surface area contributed by atoms with Gasteiger partial charge in [0.15, 0.2) is 19.3 Å². The highest BCUT2D eigenvalue weighted by atomic mass is 15.0. The molecule has 0 spiro atoms. The van der Waals surface area contributed by atoms with E-state index in [0.29, 0.717) is 0 Å². The Labute approximate surface area is 205 Å². The molecule has 2 aromatic heterocycles. The van der Waals surface area contributed by atoms with E-state index in [1.165, 1.54) is 60.9 Å². The van der Waals surface area contributed by atoms with E-state index in [2.05, 4.69) is 131 Å². The van der Waals surface area contributed by atoms with E-state index in [0.717, 1.165) is 13.1 Å². The molecule has 6 aromatic rings. The van der Waals surface area contributed by atoms with Crippen molar-refractivity contribution in [1.29, 1.82) is 0 Å². The van der Waals surface area contributed by atoms with Gasteiger partial charge in [-0.25, -0.2) is 0 Å². The molecule has 2 aliphatic heterocycles. The third kappa shape index (κ3) is 3.18. The number of aromatic nitrogens is 2. The van der Waals surface area contributed by atoms with Gasteiger partial charge in [0.25, 0.3) is 0 Å². The number of hydrogen-bond donors (Lipinski definition) is 0. The first-order valence-electron chi connectivity index (χ1n) is 12.3. The number of pyridine rings is 2. The molecule has 0 radical (unpaired) electrons. The van der Waals surface area contributed by atoms with Gasteiger partial charge in [-0.1, -0.05) is 66.7 Å². The summed E-state index contributed by atoms with van der Waals surface area (Å²) in [5, 5.41) is 3.99. The topological polar surface area (TPSA) is 7.76 Å². The van der Waals surface area contributed by atoms with Gasteiger partial charge in [-0.3, -0.25) is 0 Å². The summed E-state index contributed by atoms with van der Waals surface area (Å²) >= 11 is 0. The van der Waals surface area contributed by atoms with Gasteiger partial charge >= 0.3 is 0 Å². The minimum absolute atomic E-state index is 0.994. The van der Waals surface area contributed by atoms with Crippen molar-refractivity contribution in [2.24, 2.45) is 0 Å². The van der Waals surface area contributed by atoms with E-state index in [1.54, 1.807) is 0 Å². The van der Waals surface area contributed by atoms with Crippen LogP contribution in [0.4, 0.5) is 0 Å². The Morgan fingerprint density at radius 2 is 1.20 bits per heavy atom. The molecular weight excluding hydrogens is 424 g/mol. The maximum atomic E-state index is 2.44. The van der Waals surface area contributed by atoms with Gasteiger partial charge in [0.2, 0.25) is 16.9 Å². The van der Waals surface area contributed by atoms with E-state index in [9.17, 15) is 0 Å². The minimum atomic E-state index is 0.994. The highest BCUT2D eigenvalue weighted by molar-refractivity contribution is 5.94. The van der Waals surface area contributed by atoms with E-state index < -0.39 is 0 Å². The van der Waals surface area contributed by atoms with Crippen LogP contribution < -0.4 is 9.13 Å². The van der Waals surface area contributed by atoms with Crippen LogP contribution in [-0.2, 0) is 13.1 Å². The molecule has 2 nitrogen and oxygen atoms in total. The fraction of sp³-hybridized carbons (Fsp3) is 0.0909. The molecule has 0 fully saturated rings. The number of hydrogen-bond acceptors (Lipinski definition) is 0.